The van der Waals surface area contributed by atoms with Gasteiger partial charge in [0.25, 0.3) is 0 Å². The summed E-state index contributed by atoms with van der Waals surface area (Å²) in [4.78, 5) is 6.60. The SMILES string of the molecule is CCC(C)N(C)CCNC(=NC)NCc1ccccc1. The molecule has 0 bridgehead atoms. The number of benzene rings is 1. The zero-order chi connectivity index (χ0) is 14.8. The second-order valence-electron chi connectivity index (χ2n) is 5.08. The summed E-state index contributed by atoms with van der Waals surface area (Å²) in [6.45, 7) is 7.18. The second kappa shape index (κ2) is 9.37. The fourth-order valence-electron chi connectivity index (χ4n) is 1.88. The molecule has 0 aliphatic carbocycles. The smallest absolute Gasteiger partial charge is 0.191 e. The lowest BCUT2D eigenvalue weighted by Gasteiger charge is -2.24. The zero-order valence-electron chi connectivity index (χ0n) is 13.2. The zero-order valence-corrected chi connectivity index (χ0v) is 13.2. The quantitative estimate of drug-likeness (QED) is 0.592. The Labute approximate surface area is 123 Å². The molecule has 0 saturated carbocycles. The van der Waals surface area contributed by atoms with E-state index < -0.39 is 0 Å². The molecule has 0 spiro atoms. The fourth-order valence-corrected chi connectivity index (χ4v) is 1.88. The van der Waals surface area contributed by atoms with Gasteiger partial charge < -0.3 is 15.5 Å². The Kier molecular flexibility index (Phi) is 7.73. The maximum atomic E-state index is 4.24. The molecule has 1 aromatic carbocycles. The first kappa shape index (κ1) is 16.5. The molecule has 1 aromatic rings. The van der Waals surface area contributed by atoms with Crippen LogP contribution in [0.5, 0.6) is 0 Å². The molecule has 0 aliphatic heterocycles. The van der Waals surface area contributed by atoms with Gasteiger partial charge in [0, 0.05) is 32.7 Å². The number of rotatable bonds is 7. The highest BCUT2D eigenvalue weighted by Gasteiger charge is 2.06. The Balaban J connectivity index is 2.27. The minimum Gasteiger partial charge on any atom is -0.355 e. The number of likely N-dealkylation sites (N-methyl/N-ethyl adjacent to an activating group) is 1. The van der Waals surface area contributed by atoms with Gasteiger partial charge in [-0.15, -0.1) is 0 Å². The van der Waals surface area contributed by atoms with Crippen molar-refractivity contribution in [2.24, 2.45) is 4.99 Å². The first-order chi connectivity index (χ1) is 9.67. The monoisotopic (exact) mass is 276 g/mol. The van der Waals surface area contributed by atoms with Crippen molar-refractivity contribution in [3.63, 3.8) is 0 Å². The Morgan fingerprint density at radius 3 is 2.55 bits per heavy atom. The molecular formula is C16H28N4. The van der Waals surface area contributed by atoms with E-state index in [0.29, 0.717) is 6.04 Å². The molecule has 0 fully saturated rings. The number of nitrogens with one attached hydrogen (secondary N) is 2. The van der Waals surface area contributed by atoms with Crippen molar-refractivity contribution >= 4 is 5.96 Å². The van der Waals surface area contributed by atoms with E-state index in [1.165, 1.54) is 12.0 Å². The Morgan fingerprint density at radius 2 is 1.95 bits per heavy atom. The normalized spacial score (nSPS) is 13.3. The molecule has 4 nitrogen and oxygen atoms in total. The number of nitrogens with zero attached hydrogens (tertiary/aromatic N) is 2. The maximum absolute atomic E-state index is 4.24. The summed E-state index contributed by atoms with van der Waals surface area (Å²) >= 11 is 0. The minimum absolute atomic E-state index is 0.621. The van der Waals surface area contributed by atoms with E-state index >= 15 is 0 Å². The summed E-state index contributed by atoms with van der Waals surface area (Å²) in [5.74, 6) is 0.853. The van der Waals surface area contributed by atoms with Crippen molar-refractivity contribution < 1.29 is 0 Å². The van der Waals surface area contributed by atoms with Gasteiger partial charge >= 0.3 is 0 Å². The van der Waals surface area contributed by atoms with Crippen LogP contribution in [0.1, 0.15) is 25.8 Å². The largest absolute Gasteiger partial charge is 0.355 e. The van der Waals surface area contributed by atoms with Gasteiger partial charge in [-0.1, -0.05) is 37.3 Å². The number of guanidine groups is 1. The Morgan fingerprint density at radius 1 is 1.25 bits per heavy atom. The summed E-state index contributed by atoms with van der Waals surface area (Å²) < 4.78 is 0. The van der Waals surface area contributed by atoms with E-state index in [9.17, 15) is 0 Å². The lowest BCUT2D eigenvalue weighted by Crippen LogP contribution is -2.42. The molecule has 1 unspecified atom stereocenters. The lowest BCUT2D eigenvalue weighted by atomic mass is 10.2. The van der Waals surface area contributed by atoms with Crippen molar-refractivity contribution in [3.8, 4) is 0 Å². The highest BCUT2D eigenvalue weighted by Crippen LogP contribution is 1.98. The summed E-state index contributed by atoms with van der Waals surface area (Å²) in [5, 5.41) is 6.67. The van der Waals surface area contributed by atoms with E-state index in [2.05, 4.69) is 53.6 Å². The van der Waals surface area contributed by atoms with E-state index in [4.69, 9.17) is 0 Å². The summed E-state index contributed by atoms with van der Waals surface area (Å²) in [6.07, 6.45) is 1.18. The van der Waals surface area contributed by atoms with Crippen molar-refractivity contribution in [2.45, 2.75) is 32.9 Å². The summed E-state index contributed by atoms with van der Waals surface area (Å²) in [6, 6.07) is 11.0. The molecule has 0 aliphatic rings. The van der Waals surface area contributed by atoms with E-state index in [0.717, 1.165) is 25.6 Å². The van der Waals surface area contributed by atoms with Gasteiger partial charge in [-0.2, -0.15) is 0 Å². The molecule has 112 valence electrons. The van der Waals surface area contributed by atoms with Gasteiger partial charge in [-0.3, -0.25) is 4.99 Å². The standard InChI is InChI=1S/C16H28N4/c1-5-14(2)20(4)12-11-18-16(17-3)19-13-15-9-7-6-8-10-15/h6-10,14H,5,11-13H2,1-4H3,(H2,17,18,19). The van der Waals surface area contributed by atoms with Crippen molar-refractivity contribution in [2.75, 3.05) is 27.2 Å². The van der Waals surface area contributed by atoms with E-state index in [1.54, 1.807) is 7.05 Å². The molecule has 2 N–H and O–H groups in total. The van der Waals surface area contributed by atoms with Crippen molar-refractivity contribution in [1.29, 1.82) is 0 Å². The predicted octanol–water partition coefficient (Wildman–Crippen LogP) is 2.08. The number of hydrogen-bond acceptors (Lipinski definition) is 2. The fraction of sp³-hybridized carbons (Fsp3) is 0.562. The van der Waals surface area contributed by atoms with Crippen LogP contribution in [0, 0.1) is 0 Å². The van der Waals surface area contributed by atoms with Crippen LogP contribution in [-0.4, -0.2) is 44.1 Å². The molecule has 0 saturated heterocycles. The van der Waals surface area contributed by atoms with Crippen LogP contribution in [0.3, 0.4) is 0 Å². The minimum atomic E-state index is 0.621. The van der Waals surface area contributed by atoms with E-state index in [-0.39, 0.29) is 0 Å². The first-order valence-corrected chi connectivity index (χ1v) is 7.36. The van der Waals surface area contributed by atoms with Crippen LogP contribution in [0.15, 0.2) is 35.3 Å². The molecule has 20 heavy (non-hydrogen) atoms. The Bertz CT molecular complexity index is 389. The van der Waals surface area contributed by atoms with Crippen LogP contribution < -0.4 is 10.6 Å². The van der Waals surface area contributed by atoms with Crippen LogP contribution in [-0.2, 0) is 6.54 Å². The van der Waals surface area contributed by atoms with Crippen LogP contribution in [0.25, 0.3) is 0 Å². The molecule has 4 heteroatoms. The molecule has 1 rings (SSSR count). The van der Waals surface area contributed by atoms with Crippen molar-refractivity contribution in [1.82, 2.24) is 15.5 Å². The van der Waals surface area contributed by atoms with Gasteiger partial charge in [0.05, 0.1) is 0 Å². The molecule has 0 heterocycles. The number of hydrogen-bond donors (Lipinski definition) is 2. The highest BCUT2D eigenvalue weighted by atomic mass is 15.2. The van der Waals surface area contributed by atoms with Crippen LogP contribution in [0.2, 0.25) is 0 Å². The third-order valence-corrected chi connectivity index (χ3v) is 3.63. The van der Waals surface area contributed by atoms with Crippen molar-refractivity contribution in [3.05, 3.63) is 35.9 Å². The van der Waals surface area contributed by atoms with Gasteiger partial charge in [0.15, 0.2) is 5.96 Å². The van der Waals surface area contributed by atoms with Gasteiger partial charge in [-0.05, 0) is 26.0 Å². The predicted molar refractivity (Wildman–Crippen MR) is 87.0 cm³/mol. The number of aliphatic imine (C=N–C) groups is 1. The molecule has 1 atom stereocenters. The third-order valence-electron chi connectivity index (χ3n) is 3.63. The second-order valence-corrected chi connectivity index (χ2v) is 5.08. The van der Waals surface area contributed by atoms with Gasteiger partial charge in [-0.25, -0.2) is 0 Å². The molecule has 0 amide bonds. The van der Waals surface area contributed by atoms with Gasteiger partial charge in [0.2, 0.25) is 0 Å². The van der Waals surface area contributed by atoms with Gasteiger partial charge in [0.1, 0.15) is 0 Å². The average molecular weight is 276 g/mol. The maximum Gasteiger partial charge on any atom is 0.191 e. The van der Waals surface area contributed by atoms with Crippen LogP contribution >= 0.6 is 0 Å². The molecule has 0 radical (unpaired) electrons. The average Bonchev–Trinajstić information content (AvgIpc) is 2.50. The molecule has 0 aromatic heterocycles. The van der Waals surface area contributed by atoms with E-state index in [1.807, 2.05) is 18.2 Å². The lowest BCUT2D eigenvalue weighted by molar-refractivity contribution is 0.255. The molecular weight excluding hydrogens is 248 g/mol. The van der Waals surface area contributed by atoms with Crippen LogP contribution in [0.4, 0.5) is 0 Å². The Hall–Kier alpha value is -1.55. The summed E-state index contributed by atoms with van der Waals surface area (Å²) in [7, 11) is 3.97. The topological polar surface area (TPSA) is 39.7 Å². The first-order valence-electron chi connectivity index (χ1n) is 7.36. The highest BCUT2D eigenvalue weighted by molar-refractivity contribution is 5.79. The third kappa shape index (κ3) is 6.06. The summed E-state index contributed by atoms with van der Waals surface area (Å²) in [5.41, 5.74) is 1.26.